The maximum absolute atomic E-state index is 12.3. The van der Waals surface area contributed by atoms with E-state index in [-0.39, 0.29) is 17.9 Å². The van der Waals surface area contributed by atoms with Crippen LogP contribution in [0.3, 0.4) is 0 Å². The zero-order chi connectivity index (χ0) is 22.2. The molecule has 0 saturated heterocycles. The number of hydrogen-bond donors (Lipinski definition) is 0. The molecule has 0 unspecified atom stereocenters. The maximum Gasteiger partial charge on any atom is 0.337 e. The van der Waals surface area contributed by atoms with Crippen LogP contribution in [-0.4, -0.2) is 26.0 Å². The van der Waals surface area contributed by atoms with Crippen LogP contribution in [0.1, 0.15) is 32.0 Å². The fourth-order valence-corrected chi connectivity index (χ4v) is 2.76. The Morgan fingerprint density at radius 2 is 1.84 bits per heavy atom. The van der Waals surface area contributed by atoms with Gasteiger partial charge in [0.05, 0.1) is 26.0 Å². The van der Waals surface area contributed by atoms with Crippen LogP contribution in [-0.2, 0) is 11.3 Å². The zero-order valence-electron chi connectivity index (χ0n) is 17.0. The van der Waals surface area contributed by atoms with Crippen molar-refractivity contribution >= 4 is 17.8 Å². The molecule has 3 aromatic rings. The highest BCUT2D eigenvalue weighted by atomic mass is 16.5. The Kier molecular flexibility index (Phi) is 6.86. The van der Waals surface area contributed by atoms with Gasteiger partial charge in [0, 0.05) is 0 Å². The van der Waals surface area contributed by atoms with Gasteiger partial charge in [-0.15, -0.1) is 0 Å². The summed E-state index contributed by atoms with van der Waals surface area (Å²) in [5.41, 5.74) is 1.85. The van der Waals surface area contributed by atoms with Gasteiger partial charge in [0.2, 0.25) is 5.78 Å². The number of benzene rings is 2. The number of Topliss-reactive ketones (excluding diaryl/α,β-unsaturated/α-hetero) is 1. The van der Waals surface area contributed by atoms with Crippen LogP contribution in [0.4, 0.5) is 0 Å². The van der Waals surface area contributed by atoms with Crippen LogP contribution in [0, 0.1) is 11.3 Å². The molecule has 0 amide bonds. The predicted molar refractivity (Wildman–Crippen MR) is 112 cm³/mol. The van der Waals surface area contributed by atoms with Crippen molar-refractivity contribution in [3.05, 3.63) is 88.9 Å². The maximum atomic E-state index is 12.3. The van der Waals surface area contributed by atoms with E-state index in [9.17, 15) is 14.9 Å². The summed E-state index contributed by atoms with van der Waals surface area (Å²) in [5, 5.41) is 9.35. The standard InChI is InChI=1S/C24H19NO6/c1-28-22-13-17(12-19(14-25)23(26)21-4-3-11-30-21)7-10-20(22)31-15-16-5-8-18(9-6-16)24(27)29-2/h3-13H,15H2,1-2H3/b19-12+. The number of nitriles is 1. The third-order valence-electron chi connectivity index (χ3n) is 4.38. The van der Waals surface area contributed by atoms with Crippen molar-refractivity contribution in [2.24, 2.45) is 0 Å². The number of allylic oxidation sites excluding steroid dienone is 1. The van der Waals surface area contributed by atoms with Crippen molar-refractivity contribution in [1.29, 1.82) is 5.26 Å². The molecule has 2 aromatic carbocycles. The fourth-order valence-electron chi connectivity index (χ4n) is 2.76. The van der Waals surface area contributed by atoms with E-state index < -0.39 is 11.8 Å². The molecule has 0 fully saturated rings. The van der Waals surface area contributed by atoms with Gasteiger partial charge in [-0.05, 0) is 53.6 Å². The van der Waals surface area contributed by atoms with E-state index >= 15 is 0 Å². The number of rotatable bonds is 8. The van der Waals surface area contributed by atoms with Crippen LogP contribution in [0.15, 0.2) is 70.9 Å². The minimum atomic E-state index is -0.498. The summed E-state index contributed by atoms with van der Waals surface area (Å²) in [6, 6.07) is 16.9. The number of esters is 1. The highest BCUT2D eigenvalue weighted by Gasteiger charge is 2.15. The Hall–Kier alpha value is -4.31. The molecular formula is C24H19NO6. The molecule has 0 spiro atoms. The second-order valence-corrected chi connectivity index (χ2v) is 6.36. The van der Waals surface area contributed by atoms with Crippen molar-refractivity contribution in [2.45, 2.75) is 6.61 Å². The number of furan rings is 1. The Labute approximate surface area is 179 Å². The van der Waals surface area contributed by atoms with Gasteiger partial charge in [-0.2, -0.15) is 5.26 Å². The van der Waals surface area contributed by atoms with Crippen LogP contribution >= 0.6 is 0 Å². The smallest absolute Gasteiger partial charge is 0.337 e. The van der Waals surface area contributed by atoms with E-state index in [1.807, 2.05) is 6.07 Å². The lowest BCUT2D eigenvalue weighted by Crippen LogP contribution is -2.02. The Balaban J connectivity index is 1.74. The Bertz CT molecular complexity index is 1140. The van der Waals surface area contributed by atoms with Crippen molar-refractivity contribution in [1.82, 2.24) is 0 Å². The summed E-state index contributed by atoms with van der Waals surface area (Å²) in [4.78, 5) is 23.8. The number of carbonyl (C=O) groups is 2. The van der Waals surface area contributed by atoms with Gasteiger partial charge < -0.3 is 18.6 Å². The van der Waals surface area contributed by atoms with Gasteiger partial charge in [0.1, 0.15) is 18.2 Å². The second-order valence-electron chi connectivity index (χ2n) is 6.36. The Morgan fingerprint density at radius 3 is 2.45 bits per heavy atom. The van der Waals surface area contributed by atoms with E-state index in [1.54, 1.807) is 48.5 Å². The highest BCUT2D eigenvalue weighted by Crippen LogP contribution is 2.30. The summed E-state index contributed by atoms with van der Waals surface area (Å²) in [7, 11) is 2.83. The second kappa shape index (κ2) is 9.94. The van der Waals surface area contributed by atoms with Gasteiger partial charge >= 0.3 is 5.97 Å². The quantitative estimate of drug-likeness (QED) is 0.231. The molecule has 0 aliphatic rings. The first kappa shape index (κ1) is 21.4. The summed E-state index contributed by atoms with van der Waals surface area (Å²) in [6.07, 6.45) is 2.84. The van der Waals surface area contributed by atoms with Gasteiger partial charge in [0.15, 0.2) is 17.3 Å². The number of nitrogens with zero attached hydrogens (tertiary/aromatic N) is 1. The molecule has 1 heterocycles. The van der Waals surface area contributed by atoms with Gasteiger partial charge in [-0.3, -0.25) is 4.79 Å². The summed E-state index contributed by atoms with van der Waals surface area (Å²) < 4.78 is 21.0. The third kappa shape index (κ3) is 5.19. The highest BCUT2D eigenvalue weighted by molar-refractivity contribution is 6.12. The van der Waals surface area contributed by atoms with E-state index in [1.165, 1.54) is 32.6 Å². The number of ketones is 1. The monoisotopic (exact) mass is 417 g/mol. The molecule has 7 heteroatoms. The lowest BCUT2D eigenvalue weighted by molar-refractivity contribution is 0.0600. The minimum Gasteiger partial charge on any atom is -0.493 e. The van der Waals surface area contributed by atoms with Crippen LogP contribution in [0.25, 0.3) is 6.08 Å². The predicted octanol–water partition coefficient (Wildman–Crippen LogP) is 4.44. The molecule has 0 aliphatic carbocycles. The molecule has 0 saturated carbocycles. The molecule has 0 N–H and O–H groups in total. The average Bonchev–Trinajstić information content (AvgIpc) is 3.36. The van der Waals surface area contributed by atoms with E-state index in [0.29, 0.717) is 22.6 Å². The number of hydrogen-bond acceptors (Lipinski definition) is 7. The van der Waals surface area contributed by atoms with Gasteiger partial charge in [-0.25, -0.2) is 4.79 Å². The van der Waals surface area contributed by atoms with Crippen molar-refractivity contribution in [3.63, 3.8) is 0 Å². The number of ether oxygens (including phenoxy) is 3. The van der Waals surface area contributed by atoms with Crippen LogP contribution < -0.4 is 9.47 Å². The molecule has 7 nitrogen and oxygen atoms in total. The molecule has 0 aliphatic heterocycles. The normalized spacial score (nSPS) is 10.8. The Morgan fingerprint density at radius 1 is 1.06 bits per heavy atom. The lowest BCUT2D eigenvalue weighted by Gasteiger charge is -2.12. The topological polar surface area (TPSA) is 98.8 Å². The minimum absolute atomic E-state index is 0.0589. The summed E-state index contributed by atoms with van der Waals surface area (Å²) in [5.74, 6) is 0.135. The largest absolute Gasteiger partial charge is 0.493 e. The average molecular weight is 417 g/mol. The third-order valence-corrected chi connectivity index (χ3v) is 4.38. The molecule has 0 bridgehead atoms. The van der Waals surface area contributed by atoms with Crippen LogP contribution in [0.5, 0.6) is 11.5 Å². The lowest BCUT2D eigenvalue weighted by atomic mass is 10.1. The molecule has 156 valence electrons. The number of carbonyl (C=O) groups excluding carboxylic acids is 2. The first-order valence-corrected chi connectivity index (χ1v) is 9.23. The van der Waals surface area contributed by atoms with Gasteiger partial charge in [0.25, 0.3) is 0 Å². The first-order valence-electron chi connectivity index (χ1n) is 9.23. The van der Waals surface area contributed by atoms with Crippen molar-refractivity contribution in [2.75, 3.05) is 14.2 Å². The molecular weight excluding hydrogens is 398 g/mol. The van der Waals surface area contributed by atoms with E-state index in [2.05, 4.69) is 4.74 Å². The van der Waals surface area contributed by atoms with E-state index in [4.69, 9.17) is 13.9 Å². The molecule has 31 heavy (non-hydrogen) atoms. The summed E-state index contributed by atoms with van der Waals surface area (Å²) in [6.45, 7) is 0.257. The first-order chi connectivity index (χ1) is 15.0. The van der Waals surface area contributed by atoms with Crippen LogP contribution in [0.2, 0.25) is 0 Å². The van der Waals surface area contributed by atoms with Crippen molar-refractivity contribution < 1.29 is 28.2 Å². The molecule has 3 rings (SSSR count). The molecule has 0 atom stereocenters. The fraction of sp³-hybridized carbons (Fsp3) is 0.125. The molecule has 0 radical (unpaired) electrons. The molecule has 1 aromatic heterocycles. The van der Waals surface area contributed by atoms with Gasteiger partial charge in [-0.1, -0.05) is 18.2 Å². The zero-order valence-corrected chi connectivity index (χ0v) is 17.0. The van der Waals surface area contributed by atoms with E-state index in [0.717, 1.165) is 5.56 Å². The summed E-state index contributed by atoms with van der Waals surface area (Å²) >= 11 is 0. The van der Waals surface area contributed by atoms with Crippen molar-refractivity contribution in [3.8, 4) is 17.6 Å². The number of methoxy groups -OCH3 is 2. The SMILES string of the molecule is COC(=O)c1ccc(COc2ccc(/C=C(\C#N)C(=O)c3ccco3)cc2OC)cc1.